The molecule has 0 spiro atoms. The average molecular weight is 314 g/mol. The Hall–Kier alpha value is -0.860. The van der Waals surface area contributed by atoms with E-state index in [-0.39, 0.29) is 31.5 Å². The van der Waals surface area contributed by atoms with Gasteiger partial charge in [-0.15, -0.1) is 0 Å². The van der Waals surface area contributed by atoms with Gasteiger partial charge in [0, 0.05) is 32.5 Å². The van der Waals surface area contributed by atoms with Crippen LogP contribution in [0.2, 0.25) is 0 Å². The quantitative estimate of drug-likeness (QED) is 0.705. The highest BCUT2D eigenvalue weighted by Crippen LogP contribution is 2.23. The predicted molar refractivity (Wildman–Crippen MR) is 72.7 cm³/mol. The lowest BCUT2D eigenvalue weighted by Crippen LogP contribution is -2.33. The van der Waals surface area contributed by atoms with E-state index in [1.165, 1.54) is 0 Å². The van der Waals surface area contributed by atoms with E-state index in [1.54, 1.807) is 11.9 Å². The van der Waals surface area contributed by atoms with Gasteiger partial charge in [-0.05, 0) is 19.4 Å². The van der Waals surface area contributed by atoms with Crippen LogP contribution in [0.25, 0.3) is 0 Å². The molecule has 3 N–H and O–H groups in total. The second-order valence-corrected chi connectivity index (χ2v) is 4.97. The molecular weight excluding hydrogens is 289 g/mol. The molecule has 0 aromatic heterocycles. The minimum Gasteiger partial charge on any atom is -0.395 e. The van der Waals surface area contributed by atoms with Crippen molar-refractivity contribution in [3.63, 3.8) is 0 Å². The molecule has 1 amide bonds. The molecule has 1 aliphatic rings. The molecule has 2 atom stereocenters. The Kier molecular flexibility index (Phi) is 9.56. The fourth-order valence-corrected chi connectivity index (χ4v) is 2.08. The molecule has 1 aliphatic heterocycles. The topological polar surface area (TPSA) is 72.8 Å². The number of alkyl halides is 3. The normalized spacial score (nSPS) is 22.6. The third-order valence-corrected chi connectivity index (χ3v) is 3.22. The highest BCUT2D eigenvalue weighted by atomic mass is 19.4. The SMILES string of the molecule is CCC(=O)NC.OCC1CC(O)CN1CCCC(F)(F)F. The van der Waals surface area contributed by atoms with Crippen molar-refractivity contribution in [2.24, 2.45) is 0 Å². The Labute approximate surface area is 123 Å². The van der Waals surface area contributed by atoms with E-state index in [4.69, 9.17) is 5.11 Å². The van der Waals surface area contributed by atoms with E-state index in [0.29, 0.717) is 19.4 Å². The van der Waals surface area contributed by atoms with Crippen LogP contribution in [-0.2, 0) is 4.79 Å². The zero-order chi connectivity index (χ0) is 16.5. The molecule has 0 aromatic carbocycles. The van der Waals surface area contributed by atoms with E-state index >= 15 is 0 Å². The first-order chi connectivity index (χ1) is 9.73. The van der Waals surface area contributed by atoms with Gasteiger partial charge in [0.15, 0.2) is 0 Å². The lowest BCUT2D eigenvalue weighted by atomic mass is 10.2. The lowest BCUT2D eigenvalue weighted by molar-refractivity contribution is -0.136. The molecule has 0 aromatic rings. The average Bonchev–Trinajstić information content (AvgIpc) is 2.77. The second-order valence-electron chi connectivity index (χ2n) is 4.97. The maximum Gasteiger partial charge on any atom is 0.389 e. The number of aliphatic hydroxyl groups is 2. The van der Waals surface area contributed by atoms with Crippen LogP contribution in [0.4, 0.5) is 13.2 Å². The van der Waals surface area contributed by atoms with Crippen molar-refractivity contribution in [2.45, 2.75) is 50.9 Å². The first-order valence-electron chi connectivity index (χ1n) is 7.03. The Morgan fingerprint density at radius 1 is 1.43 bits per heavy atom. The number of hydrogen-bond acceptors (Lipinski definition) is 4. The van der Waals surface area contributed by atoms with Gasteiger partial charge in [0.05, 0.1) is 12.7 Å². The van der Waals surface area contributed by atoms with Crippen molar-refractivity contribution in [1.82, 2.24) is 10.2 Å². The van der Waals surface area contributed by atoms with Gasteiger partial charge in [-0.25, -0.2) is 0 Å². The molecule has 1 heterocycles. The minimum absolute atomic E-state index is 0.0206. The Bertz CT molecular complexity index is 295. The Balaban J connectivity index is 0.000000567. The lowest BCUT2D eigenvalue weighted by Gasteiger charge is -2.22. The van der Waals surface area contributed by atoms with Crippen LogP contribution in [-0.4, -0.2) is 66.1 Å². The Morgan fingerprint density at radius 2 is 2.05 bits per heavy atom. The number of carbonyl (C=O) groups excluding carboxylic acids is 1. The van der Waals surface area contributed by atoms with Crippen LogP contribution < -0.4 is 5.32 Å². The summed E-state index contributed by atoms with van der Waals surface area (Å²) in [5.74, 6) is 0.0926. The summed E-state index contributed by atoms with van der Waals surface area (Å²) in [4.78, 5) is 11.8. The maximum absolute atomic E-state index is 11.9. The van der Waals surface area contributed by atoms with E-state index in [2.05, 4.69) is 5.32 Å². The molecule has 8 heteroatoms. The second kappa shape index (κ2) is 9.97. The van der Waals surface area contributed by atoms with E-state index < -0.39 is 18.7 Å². The number of hydrogen-bond donors (Lipinski definition) is 3. The van der Waals surface area contributed by atoms with E-state index in [0.717, 1.165) is 0 Å². The molecule has 1 rings (SSSR count). The first kappa shape index (κ1) is 20.1. The smallest absolute Gasteiger partial charge is 0.389 e. The van der Waals surface area contributed by atoms with Crippen molar-refractivity contribution < 1.29 is 28.2 Å². The number of β-amino-alcohol motifs (C(OH)–C–C–N with tert-alkyl or cyclic N) is 1. The number of rotatable bonds is 5. The fraction of sp³-hybridized carbons (Fsp3) is 0.923. The standard InChI is InChI=1S/C9H16F3NO2.C4H9NO/c10-9(11,12)2-1-3-13-5-8(15)4-7(13)6-14;1-3-4(6)5-2/h7-8,14-15H,1-6H2;3H2,1-2H3,(H,5,6). The number of nitrogens with zero attached hydrogens (tertiary/aromatic N) is 1. The van der Waals surface area contributed by atoms with Gasteiger partial charge < -0.3 is 15.5 Å². The number of aliphatic hydroxyl groups excluding tert-OH is 2. The van der Waals surface area contributed by atoms with Gasteiger partial charge in [-0.1, -0.05) is 6.92 Å². The summed E-state index contributed by atoms with van der Waals surface area (Å²) < 4.78 is 35.6. The molecule has 1 fully saturated rings. The van der Waals surface area contributed by atoms with Gasteiger partial charge in [-0.2, -0.15) is 13.2 Å². The van der Waals surface area contributed by atoms with Crippen molar-refractivity contribution in [2.75, 3.05) is 26.7 Å². The van der Waals surface area contributed by atoms with Crippen LogP contribution in [0.5, 0.6) is 0 Å². The molecule has 1 saturated heterocycles. The van der Waals surface area contributed by atoms with E-state index in [9.17, 15) is 23.1 Å². The number of amides is 1. The molecule has 0 bridgehead atoms. The van der Waals surface area contributed by atoms with Gasteiger partial charge in [0.25, 0.3) is 0 Å². The number of halogens is 3. The van der Waals surface area contributed by atoms with Gasteiger partial charge in [0.2, 0.25) is 5.91 Å². The third kappa shape index (κ3) is 9.65. The Morgan fingerprint density at radius 3 is 2.43 bits per heavy atom. The molecule has 2 unspecified atom stereocenters. The van der Waals surface area contributed by atoms with Gasteiger partial charge >= 0.3 is 6.18 Å². The van der Waals surface area contributed by atoms with Gasteiger partial charge in [-0.3, -0.25) is 9.69 Å². The number of likely N-dealkylation sites (tertiary alicyclic amines) is 1. The highest BCUT2D eigenvalue weighted by molar-refractivity contribution is 5.74. The molecular formula is C13H25F3N2O3. The van der Waals surface area contributed by atoms with Crippen LogP contribution in [0, 0.1) is 0 Å². The summed E-state index contributed by atoms with van der Waals surface area (Å²) >= 11 is 0. The summed E-state index contributed by atoms with van der Waals surface area (Å²) in [7, 11) is 1.63. The zero-order valence-corrected chi connectivity index (χ0v) is 12.5. The monoisotopic (exact) mass is 314 g/mol. The van der Waals surface area contributed by atoms with E-state index in [1.807, 2.05) is 6.92 Å². The fourth-order valence-electron chi connectivity index (χ4n) is 2.08. The zero-order valence-electron chi connectivity index (χ0n) is 12.5. The third-order valence-electron chi connectivity index (χ3n) is 3.22. The molecule has 0 aliphatic carbocycles. The van der Waals surface area contributed by atoms with Crippen molar-refractivity contribution in [3.8, 4) is 0 Å². The summed E-state index contributed by atoms with van der Waals surface area (Å²) in [6.07, 6.45) is -4.40. The van der Waals surface area contributed by atoms with Crippen molar-refractivity contribution in [3.05, 3.63) is 0 Å². The van der Waals surface area contributed by atoms with Crippen LogP contribution in [0.3, 0.4) is 0 Å². The number of carbonyl (C=O) groups is 1. The first-order valence-corrected chi connectivity index (χ1v) is 7.03. The molecule has 21 heavy (non-hydrogen) atoms. The predicted octanol–water partition coefficient (Wildman–Crippen LogP) is 0.899. The van der Waals surface area contributed by atoms with Crippen molar-refractivity contribution >= 4 is 5.91 Å². The number of nitrogens with one attached hydrogen (secondary N) is 1. The molecule has 5 nitrogen and oxygen atoms in total. The highest BCUT2D eigenvalue weighted by Gasteiger charge is 2.31. The summed E-state index contributed by atoms with van der Waals surface area (Å²) in [5, 5.41) is 20.7. The maximum atomic E-state index is 11.9. The largest absolute Gasteiger partial charge is 0.395 e. The van der Waals surface area contributed by atoms with Crippen LogP contribution in [0.1, 0.15) is 32.6 Å². The molecule has 126 valence electrons. The van der Waals surface area contributed by atoms with Crippen LogP contribution in [0.15, 0.2) is 0 Å². The van der Waals surface area contributed by atoms with Crippen molar-refractivity contribution in [1.29, 1.82) is 0 Å². The molecule has 0 radical (unpaired) electrons. The summed E-state index contributed by atoms with van der Waals surface area (Å²) in [6, 6.07) is -0.187. The van der Waals surface area contributed by atoms with Crippen LogP contribution >= 0.6 is 0 Å². The van der Waals surface area contributed by atoms with Gasteiger partial charge in [0.1, 0.15) is 0 Å². The summed E-state index contributed by atoms with van der Waals surface area (Å²) in [5.41, 5.74) is 0. The summed E-state index contributed by atoms with van der Waals surface area (Å²) in [6.45, 7) is 2.35. The minimum atomic E-state index is -4.12. The molecule has 0 saturated carbocycles.